The molecule has 2 amide bonds. The molecule has 2 saturated heterocycles. The first-order valence-corrected chi connectivity index (χ1v) is 5.90. The quantitative estimate of drug-likeness (QED) is 0.696. The van der Waals surface area contributed by atoms with E-state index in [1.54, 1.807) is 0 Å². The van der Waals surface area contributed by atoms with E-state index in [0.29, 0.717) is 6.54 Å². The predicted octanol–water partition coefficient (Wildman–Crippen LogP) is -0.408. The van der Waals surface area contributed by atoms with Gasteiger partial charge in [0.25, 0.3) is 0 Å². The first-order chi connectivity index (χ1) is 7.66. The van der Waals surface area contributed by atoms with Crippen molar-refractivity contribution in [3.63, 3.8) is 0 Å². The van der Waals surface area contributed by atoms with Crippen LogP contribution >= 0.6 is 0 Å². The Kier molecular flexibility index (Phi) is 3.43. The molecule has 2 rings (SSSR count). The molecular formula is C11H18N2O3. The molecule has 0 saturated carbocycles. The monoisotopic (exact) mass is 226 g/mol. The molecule has 5 nitrogen and oxygen atoms in total. The lowest BCUT2D eigenvalue weighted by molar-refractivity contribution is -0.138. The van der Waals surface area contributed by atoms with Gasteiger partial charge in [-0.2, -0.15) is 0 Å². The normalized spacial score (nSPS) is 26.3. The molecule has 0 aromatic rings. The smallest absolute Gasteiger partial charge is 0.242 e. The molecule has 2 aliphatic heterocycles. The van der Waals surface area contributed by atoms with Crippen molar-refractivity contribution in [1.82, 2.24) is 9.80 Å². The van der Waals surface area contributed by atoms with Crippen molar-refractivity contribution in [2.24, 2.45) is 0 Å². The lowest BCUT2D eigenvalue weighted by atomic mass is 10.1. The average molecular weight is 226 g/mol. The molecule has 90 valence electrons. The van der Waals surface area contributed by atoms with E-state index in [4.69, 9.17) is 0 Å². The summed E-state index contributed by atoms with van der Waals surface area (Å²) in [6.45, 7) is 2.06. The summed E-state index contributed by atoms with van der Waals surface area (Å²) in [7, 11) is 0. The highest BCUT2D eigenvalue weighted by Gasteiger charge is 2.30. The number of amides is 2. The maximum Gasteiger partial charge on any atom is 0.242 e. The maximum atomic E-state index is 11.9. The van der Waals surface area contributed by atoms with Crippen molar-refractivity contribution in [2.45, 2.75) is 31.8 Å². The van der Waals surface area contributed by atoms with Crippen LogP contribution in [0.3, 0.4) is 0 Å². The topological polar surface area (TPSA) is 60.9 Å². The molecule has 0 aliphatic carbocycles. The van der Waals surface area contributed by atoms with Crippen molar-refractivity contribution in [3.05, 3.63) is 0 Å². The summed E-state index contributed by atoms with van der Waals surface area (Å²) in [6.07, 6.45) is 2.87. The minimum atomic E-state index is -0.596. The zero-order valence-electron chi connectivity index (χ0n) is 9.39. The minimum Gasteiger partial charge on any atom is -0.391 e. The third kappa shape index (κ3) is 2.52. The van der Waals surface area contributed by atoms with Gasteiger partial charge in [0.05, 0.1) is 19.1 Å². The number of hydrogen-bond donors (Lipinski definition) is 1. The van der Waals surface area contributed by atoms with Crippen LogP contribution in [0.15, 0.2) is 0 Å². The summed E-state index contributed by atoms with van der Waals surface area (Å²) in [5.74, 6) is -0.0972. The second-order valence-corrected chi connectivity index (χ2v) is 4.57. The van der Waals surface area contributed by atoms with Crippen molar-refractivity contribution < 1.29 is 14.7 Å². The van der Waals surface area contributed by atoms with E-state index in [1.807, 2.05) is 4.90 Å². The highest BCUT2D eigenvalue weighted by Crippen LogP contribution is 2.13. The van der Waals surface area contributed by atoms with Crippen LogP contribution in [0.1, 0.15) is 25.7 Å². The van der Waals surface area contributed by atoms with Crippen molar-refractivity contribution in [3.8, 4) is 0 Å². The van der Waals surface area contributed by atoms with E-state index >= 15 is 0 Å². The van der Waals surface area contributed by atoms with E-state index in [2.05, 4.69) is 0 Å². The molecule has 1 unspecified atom stereocenters. The molecule has 1 N–H and O–H groups in total. The predicted molar refractivity (Wildman–Crippen MR) is 57.6 cm³/mol. The molecular weight excluding hydrogens is 208 g/mol. The van der Waals surface area contributed by atoms with E-state index in [-0.39, 0.29) is 24.8 Å². The number of nitrogens with zero attached hydrogens (tertiary/aromatic N) is 2. The average Bonchev–Trinajstić information content (AvgIpc) is 2.59. The second-order valence-electron chi connectivity index (χ2n) is 4.57. The number of aliphatic hydroxyl groups excluding tert-OH is 1. The third-order valence-corrected chi connectivity index (χ3v) is 3.23. The molecule has 2 aliphatic rings. The fraction of sp³-hybridized carbons (Fsp3) is 0.818. The lowest BCUT2D eigenvalue weighted by Gasteiger charge is -2.28. The summed E-state index contributed by atoms with van der Waals surface area (Å²) < 4.78 is 0. The van der Waals surface area contributed by atoms with Crippen molar-refractivity contribution >= 4 is 11.8 Å². The van der Waals surface area contributed by atoms with Gasteiger partial charge in [0.2, 0.25) is 11.8 Å². The Hall–Kier alpha value is -1.10. The molecule has 0 bridgehead atoms. The van der Waals surface area contributed by atoms with Gasteiger partial charge in [-0.1, -0.05) is 0 Å². The van der Waals surface area contributed by atoms with Gasteiger partial charge in [0.1, 0.15) is 0 Å². The third-order valence-electron chi connectivity index (χ3n) is 3.23. The number of carbonyl (C=O) groups excluding carboxylic acids is 2. The highest BCUT2D eigenvalue weighted by molar-refractivity contribution is 5.86. The molecule has 0 aromatic heterocycles. The number of β-amino-alcohol motifs (C(OH)–C–C–N with tert-alkyl or cyclic N) is 1. The van der Waals surface area contributed by atoms with Crippen LogP contribution < -0.4 is 0 Å². The van der Waals surface area contributed by atoms with Gasteiger partial charge in [-0.05, 0) is 19.3 Å². The molecule has 2 fully saturated rings. The number of aliphatic hydroxyl groups is 1. The van der Waals surface area contributed by atoms with Gasteiger partial charge in [0, 0.05) is 19.6 Å². The lowest BCUT2D eigenvalue weighted by Crippen LogP contribution is -2.43. The SMILES string of the molecule is O=C(CN1CC(O)CC1=O)N1CCCCC1. The fourth-order valence-corrected chi connectivity index (χ4v) is 2.31. The van der Waals surface area contributed by atoms with Gasteiger partial charge in [-0.15, -0.1) is 0 Å². The van der Waals surface area contributed by atoms with E-state index in [0.717, 1.165) is 25.9 Å². The Morgan fingerprint density at radius 2 is 2.00 bits per heavy atom. The van der Waals surface area contributed by atoms with Crippen LogP contribution in [-0.2, 0) is 9.59 Å². The van der Waals surface area contributed by atoms with Gasteiger partial charge < -0.3 is 14.9 Å². The summed E-state index contributed by atoms with van der Waals surface area (Å²) >= 11 is 0. The fourth-order valence-electron chi connectivity index (χ4n) is 2.31. The van der Waals surface area contributed by atoms with Crippen LogP contribution in [0.25, 0.3) is 0 Å². The highest BCUT2D eigenvalue weighted by atomic mass is 16.3. The van der Waals surface area contributed by atoms with Crippen LogP contribution in [0, 0.1) is 0 Å². The van der Waals surface area contributed by atoms with Gasteiger partial charge in [-0.3, -0.25) is 9.59 Å². The molecule has 16 heavy (non-hydrogen) atoms. The van der Waals surface area contributed by atoms with Crippen molar-refractivity contribution in [2.75, 3.05) is 26.2 Å². The standard InChI is InChI=1S/C11H18N2O3/c14-9-6-10(15)13(7-9)8-11(16)12-4-2-1-3-5-12/h9,14H,1-8H2. The molecule has 0 spiro atoms. The zero-order valence-corrected chi connectivity index (χ0v) is 9.39. The van der Waals surface area contributed by atoms with E-state index < -0.39 is 6.10 Å². The number of piperidine rings is 1. The molecule has 1 atom stereocenters. The Balaban J connectivity index is 1.84. The first-order valence-electron chi connectivity index (χ1n) is 5.90. The van der Waals surface area contributed by atoms with Crippen LogP contribution in [0.4, 0.5) is 0 Å². The minimum absolute atomic E-state index is 0.0159. The summed E-state index contributed by atoms with van der Waals surface area (Å²) in [5.41, 5.74) is 0. The van der Waals surface area contributed by atoms with Crippen LogP contribution in [0.5, 0.6) is 0 Å². The van der Waals surface area contributed by atoms with E-state index in [9.17, 15) is 14.7 Å². The zero-order chi connectivity index (χ0) is 11.5. The second kappa shape index (κ2) is 4.82. The molecule has 5 heteroatoms. The largest absolute Gasteiger partial charge is 0.391 e. The van der Waals surface area contributed by atoms with Crippen molar-refractivity contribution in [1.29, 1.82) is 0 Å². The van der Waals surface area contributed by atoms with Gasteiger partial charge in [-0.25, -0.2) is 0 Å². The Labute approximate surface area is 95.0 Å². The van der Waals surface area contributed by atoms with Crippen LogP contribution in [-0.4, -0.2) is 59.0 Å². The molecule has 0 radical (unpaired) electrons. The summed E-state index contributed by atoms with van der Waals surface area (Å²) in [4.78, 5) is 26.5. The van der Waals surface area contributed by atoms with E-state index in [1.165, 1.54) is 11.3 Å². The van der Waals surface area contributed by atoms with Gasteiger partial charge in [0.15, 0.2) is 0 Å². The Morgan fingerprint density at radius 1 is 1.31 bits per heavy atom. The number of carbonyl (C=O) groups is 2. The summed E-state index contributed by atoms with van der Waals surface area (Å²) in [6, 6.07) is 0. The number of rotatable bonds is 2. The number of hydrogen-bond acceptors (Lipinski definition) is 3. The maximum absolute atomic E-state index is 11.9. The van der Waals surface area contributed by atoms with Crippen LogP contribution in [0.2, 0.25) is 0 Å². The summed E-state index contributed by atoms with van der Waals surface area (Å²) in [5, 5.41) is 9.31. The van der Waals surface area contributed by atoms with Gasteiger partial charge >= 0.3 is 0 Å². The Morgan fingerprint density at radius 3 is 2.56 bits per heavy atom. The molecule has 0 aromatic carbocycles. The number of likely N-dealkylation sites (tertiary alicyclic amines) is 2. The Bertz CT molecular complexity index is 287. The molecule has 2 heterocycles. The first kappa shape index (κ1) is 11.4.